The predicted molar refractivity (Wildman–Crippen MR) is 193 cm³/mol. The van der Waals surface area contributed by atoms with Crippen LogP contribution in [0.3, 0.4) is 0 Å². The summed E-state index contributed by atoms with van der Waals surface area (Å²) in [5, 5.41) is 4.13. The summed E-state index contributed by atoms with van der Waals surface area (Å²) in [7, 11) is -4.18. The molecule has 0 aromatic rings. The molecule has 0 radical (unpaired) electrons. The SMILES string of the molecule is CC(C)(C)OC(=O)CN(CCC(C)(C)C(=O)OC1=C2CN3CCC[C@@]4(CC=NO4)C(C3)N2CC=C1)C(=O)OCOP(=O)(OC(C)(C)C)OC(C)(C)C. The molecule has 0 saturated carbocycles. The summed E-state index contributed by atoms with van der Waals surface area (Å²) in [6, 6.07) is 0.0540. The molecule has 2 unspecified atom stereocenters. The lowest BCUT2D eigenvalue weighted by atomic mass is 9.85. The summed E-state index contributed by atoms with van der Waals surface area (Å²) < 4.78 is 46.9. The number of hydrogen-bond donors (Lipinski definition) is 0. The Labute approximate surface area is 308 Å². The normalized spacial score (nSPS) is 23.6. The molecule has 4 aliphatic heterocycles. The maximum atomic E-state index is 13.8. The van der Waals surface area contributed by atoms with Crippen molar-refractivity contribution >= 4 is 32.1 Å². The fourth-order valence-corrected chi connectivity index (χ4v) is 8.08. The van der Waals surface area contributed by atoms with Crippen molar-refractivity contribution in [3.8, 4) is 0 Å². The minimum Gasteiger partial charge on any atom is -0.459 e. The molecule has 0 aromatic heterocycles. The molecule has 15 nitrogen and oxygen atoms in total. The van der Waals surface area contributed by atoms with E-state index in [9.17, 15) is 18.9 Å². The van der Waals surface area contributed by atoms with Crippen LogP contribution in [0.1, 0.15) is 102 Å². The van der Waals surface area contributed by atoms with E-state index in [-0.39, 0.29) is 19.0 Å². The number of amides is 1. The largest absolute Gasteiger partial charge is 0.478 e. The van der Waals surface area contributed by atoms with Gasteiger partial charge in [0.1, 0.15) is 12.1 Å². The zero-order valence-electron chi connectivity index (χ0n) is 32.8. The molecule has 2 saturated heterocycles. The minimum atomic E-state index is -4.18. The molecule has 294 valence electrons. The average Bonchev–Trinajstić information content (AvgIpc) is 3.40. The van der Waals surface area contributed by atoms with Crippen molar-refractivity contribution < 1.29 is 51.6 Å². The number of esters is 2. The molecule has 3 atom stereocenters. The predicted octanol–water partition coefficient (Wildman–Crippen LogP) is 6.14. The molecule has 16 heteroatoms. The van der Waals surface area contributed by atoms with E-state index in [0.29, 0.717) is 18.8 Å². The van der Waals surface area contributed by atoms with Gasteiger partial charge < -0.3 is 23.9 Å². The van der Waals surface area contributed by atoms with E-state index in [2.05, 4.69) is 15.0 Å². The molecule has 0 N–H and O–H groups in total. The molecule has 1 spiro atoms. The molecule has 1 amide bonds. The Morgan fingerprint density at radius 3 is 2.29 bits per heavy atom. The summed E-state index contributed by atoms with van der Waals surface area (Å²) in [6.07, 6.45) is 7.46. The zero-order valence-corrected chi connectivity index (χ0v) is 33.7. The Morgan fingerprint density at radius 1 is 1.02 bits per heavy atom. The summed E-state index contributed by atoms with van der Waals surface area (Å²) in [4.78, 5) is 51.8. The van der Waals surface area contributed by atoms with Crippen LogP contribution in [0, 0.1) is 5.41 Å². The van der Waals surface area contributed by atoms with Crippen LogP contribution in [0.4, 0.5) is 4.79 Å². The number of oxime groups is 1. The lowest BCUT2D eigenvalue weighted by Crippen LogP contribution is -2.60. The van der Waals surface area contributed by atoms with E-state index in [4.69, 9.17) is 32.6 Å². The highest BCUT2D eigenvalue weighted by atomic mass is 31.2. The minimum absolute atomic E-state index is 0.0540. The van der Waals surface area contributed by atoms with Gasteiger partial charge in [0.25, 0.3) is 0 Å². The lowest BCUT2D eigenvalue weighted by Gasteiger charge is -2.49. The Morgan fingerprint density at radius 2 is 1.69 bits per heavy atom. The number of hydrogen-bond acceptors (Lipinski definition) is 14. The molecular weight excluding hydrogens is 695 g/mol. The van der Waals surface area contributed by atoms with Gasteiger partial charge in [0, 0.05) is 38.8 Å². The van der Waals surface area contributed by atoms with Gasteiger partial charge in [0.05, 0.1) is 28.4 Å². The first kappa shape index (κ1) is 41.8. The standard InChI is InChI=1S/C36H59N4O11P/c1-32(2,3)48-29(41)24-39(31(43)45-25-46-52(44,50-33(4,5)6)51-34(7,8)9)21-17-35(10,11)30(42)47-27-14-12-20-40-26(27)22-38-19-13-15-36(28(40)23-38)16-18-37-49-36/h12,14,18,28H,13,15-17,19-25H2,1-11H3/t28?,36-/m1/s1. The van der Waals surface area contributed by atoms with E-state index in [1.807, 2.05) is 18.4 Å². The van der Waals surface area contributed by atoms with Gasteiger partial charge in [-0.3, -0.25) is 28.4 Å². The second-order valence-electron chi connectivity index (χ2n) is 17.4. The van der Waals surface area contributed by atoms with Crippen LogP contribution in [-0.4, -0.2) is 113 Å². The second-order valence-corrected chi connectivity index (χ2v) is 18.9. The van der Waals surface area contributed by atoms with E-state index < -0.39 is 67.0 Å². The summed E-state index contributed by atoms with van der Waals surface area (Å²) in [6.45, 7) is 20.4. The summed E-state index contributed by atoms with van der Waals surface area (Å²) in [5.41, 5.74) is -3.17. The van der Waals surface area contributed by atoms with Crippen LogP contribution < -0.4 is 0 Å². The number of nitrogens with zero attached hydrogens (tertiary/aromatic N) is 4. The van der Waals surface area contributed by atoms with Crippen molar-refractivity contribution in [2.75, 3.05) is 46.1 Å². The summed E-state index contributed by atoms with van der Waals surface area (Å²) >= 11 is 0. The highest BCUT2D eigenvalue weighted by Crippen LogP contribution is 2.55. The van der Waals surface area contributed by atoms with Crippen LogP contribution >= 0.6 is 7.82 Å². The smallest absolute Gasteiger partial charge is 0.459 e. The first-order chi connectivity index (χ1) is 23.9. The number of carbonyl (C=O) groups excluding carboxylic acids is 3. The molecule has 2 fully saturated rings. The third-order valence-corrected chi connectivity index (χ3v) is 10.7. The Balaban J connectivity index is 1.45. The monoisotopic (exact) mass is 754 g/mol. The van der Waals surface area contributed by atoms with Gasteiger partial charge in [-0.1, -0.05) is 11.2 Å². The molecule has 0 aliphatic carbocycles. The molecule has 4 aliphatic rings. The third-order valence-electron chi connectivity index (χ3n) is 8.74. The highest BCUT2D eigenvalue weighted by molar-refractivity contribution is 7.48. The van der Waals surface area contributed by atoms with Gasteiger partial charge in [0.15, 0.2) is 11.4 Å². The number of piperazine rings is 1. The topological polar surface area (TPSA) is 155 Å². The van der Waals surface area contributed by atoms with Crippen molar-refractivity contribution in [3.63, 3.8) is 0 Å². The van der Waals surface area contributed by atoms with Crippen molar-refractivity contribution in [1.29, 1.82) is 0 Å². The molecule has 4 heterocycles. The number of ether oxygens (including phenoxy) is 3. The van der Waals surface area contributed by atoms with Gasteiger partial charge in [-0.25, -0.2) is 13.9 Å². The zero-order chi connectivity index (χ0) is 38.8. The van der Waals surface area contributed by atoms with Crippen molar-refractivity contribution in [2.24, 2.45) is 10.6 Å². The Hall–Kier alpha value is -2.97. The van der Waals surface area contributed by atoms with Gasteiger partial charge in [-0.05, 0) is 108 Å². The van der Waals surface area contributed by atoms with E-state index in [1.54, 1.807) is 76.2 Å². The molecule has 0 aromatic carbocycles. The molecule has 52 heavy (non-hydrogen) atoms. The fraction of sp³-hybridized carbons (Fsp3) is 0.778. The van der Waals surface area contributed by atoms with Crippen LogP contribution in [0.5, 0.6) is 0 Å². The number of rotatable bonds is 12. The number of phosphoric ester groups is 1. The van der Waals surface area contributed by atoms with Crippen LogP contribution in [0.25, 0.3) is 0 Å². The number of fused-ring (bicyclic) bond motifs is 5. The maximum Gasteiger partial charge on any atom is 0.478 e. The molecular formula is C36H59N4O11P. The fourth-order valence-electron chi connectivity index (χ4n) is 6.42. The second kappa shape index (κ2) is 15.8. The van der Waals surface area contributed by atoms with E-state index in [1.165, 1.54) is 0 Å². The number of allylic oxidation sites excluding steroid dienone is 1. The first-order valence-corrected chi connectivity index (χ1v) is 19.5. The van der Waals surface area contributed by atoms with Crippen molar-refractivity contribution in [1.82, 2.24) is 14.7 Å². The quantitative estimate of drug-likeness (QED) is 0.0970. The summed E-state index contributed by atoms with van der Waals surface area (Å²) in [5.74, 6) is -0.684. The maximum absolute atomic E-state index is 13.8. The molecule has 4 rings (SSSR count). The van der Waals surface area contributed by atoms with Gasteiger partial charge in [0.2, 0.25) is 6.79 Å². The van der Waals surface area contributed by atoms with E-state index >= 15 is 0 Å². The Bertz CT molecular complexity index is 1440. The Kier molecular flexibility index (Phi) is 12.7. The third kappa shape index (κ3) is 11.5. The lowest BCUT2D eigenvalue weighted by molar-refractivity contribution is -0.156. The van der Waals surface area contributed by atoms with Crippen LogP contribution in [0.15, 0.2) is 28.8 Å². The van der Waals surface area contributed by atoms with Crippen molar-refractivity contribution in [2.45, 2.75) is 130 Å². The number of phosphoric acid groups is 1. The average molecular weight is 755 g/mol. The van der Waals surface area contributed by atoms with Crippen LogP contribution in [-0.2, 0) is 46.8 Å². The van der Waals surface area contributed by atoms with Gasteiger partial charge >= 0.3 is 25.9 Å². The van der Waals surface area contributed by atoms with E-state index in [0.717, 1.165) is 42.9 Å². The van der Waals surface area contributed by atoms with Gasteiger partial charge in [-0.2, -0.15) is 0 Å². The first-order valence-electron chi connectivity index (χ1n) is 18.0. The number of carbonyl (C=O) groups is 3. The highest BCUT2D eigenvalue weighted by Gasteiger charge is 2.51. The van der Waals surface area contributed by atoms with Crippen LogP contribution in [0.2, 0.25) is 0 Å². The van der Waals surface area contributed by atoms with Crippen molar-refractivity contribution in [3.05, 3.63) is 23.6 Å². The van der Waals surface area contributed by atoms with Gasteiger partial charge in [-0.15, -0.1) is 0 Å². The molecule has 2 bridgehead atoms.